The van der Waals surface area contributed by atoms with Gasteiger partial charge in [0.1, 0.15) is 0 Å². The van der Waals surface area contributed by atoms with E-state index in [1.807, 2.05) is 0 Å². The van der Waals surface area contributed by atoms with E-state index in [9.17, 15) is 5.11 Å². The van der Waals surface area contributed by atoms with E-state index in [-0.39, 0.29) is 11.5 Å². The molecule has 4 nitrogen and oxygen atoms in total. The Labute approximate surface area is 123 Å². The largest absolute Gasteiger partial charge is 0.392 e. The van der Waals surface area contributed by atoms with Crippen molar-refractivity contribution in [3.63, 3.8) is 0 Å². The third-order valence-electron chi connectivity index (χ3n) is 5.71. The van der Waals surface area contributed by atoms with Crippen molar-refractivity contribution in [3.8, 4) is 0 Å². The maximum Gasteiger partial charge on any atom is 0.0631 e. The molecule has 0 aromatic rings. The van der Waals surface area contributed by atoms with Crippen LogP contribution >= 0.6 is 0 Å². The van der Waals surface area contributed by atoms with Crippen LogP contribution < -0.4 is 0 Å². The average molecular weight is 282 g/mol. The molecule has 0 radical (unpaired) electrons. The van der Waals surface area contributed by atoms with Crippen LogP contribution in [0.5, 0.6) is 0 Å². The molecule has 3 atom stereocenters. The fourth-order valence-corrected chi connectivity index (χ4v) is 4.24. The second-order valence-corrected chi connectivity index (χ2v) is 7.58. The Hall–Kier alpha value is -0.160. The van der Waals surface area contributed by atoms with Gasteiger partial charge in [0.2, 0.25) is 0 Å². The summed E-state index contributed by atoms with van der Waals surface area (Å²) in [7, 11) is 0. The van der Waals surface area contributed by atoms with Crippen molar-refractivity contribution >= 4 is 0 Å². The molecule has 2 heterocycles. The first-order valence-electron chi connectivity index (χ1n) is 8.28. The maximum absolute atomic E-state index is 10.4. The quantitative estimate of drug-likeness (QED) is 0.843. The second kappa shape index (κ2) is 5.91. The highest BCUT2D eigenvalue weighted by molar-refractivity contribution is 4.94. The third kappa shape index (κ3) is 3.03. The smallest absolute Gasteiger partial charge is 0.0631 e. The SMILES string of the molecule is CC1(C)CCC(CN2CCC(N3CCOCC3)C2)C1O. The summed E-state index contributed by atoms with van der Waals surface area (Å²) in [5.41, 5.74) is 0.119. The van der Waals surface area contributed by atoms with Gasteiger partial charge in [-0.2, -0.15) is 0 Å². The number of likely N-dealkylation sites (tertiary alicyclic amines) is 1. The van der Waals surface area contributed by atoms with Crippen LogP contribution in [-0.4, -0.2) is 73.0 Å². The molecule has 20 heavy (non-hydrogen) atoms. The number of hydrogen-bond acceptors (Lipinski definition) is 4. The average Bonchev–Trinajstić information content (AvgIpc) is 3.01. The zero-order valence-corrected chi connectivity index (χ0v) is 13.1. The molecule has 2 aliphatic heterocycles. The van der Waals surface area contributed by atoms with Gasteiger partial charge in [-0.3, -0.25) is 4.90 Å². The Kier molecular flexibility index (Phi) is 4.37. The molecule has 116 valence electrons. The Morgan fingerprint density at radius 1 is 1.15 bits per heavy atom. The number of nitrogens with zero attached hydrogens (tertiary/aromatic N) is 2. The van der Waals surface area contributed by atoms with Crippen LogP contribution in [0.4, 0.5) is 0 Å². The lowest BCUT2D eigenvalue weighted by Crippen LogP contribution is -2.45. The van der Waals surface area contributed by atoms with Crippen molar-refractivity contribution < 1.29 is 9.84 Å². The summed E-state index contributed by atoms with van der Waals surface area (Å²) in [4.78, 5) is 5.17. The zero-order chi connectivity index (χ0) is 14.2. The normalized spacial score (nSPS) is 39.5. The van der Waals surface area contributed by atoms with Crippen LogP contribution in [0, 0.1) is 11.3 Å². The summed E-state index contributed by atoms with van der Waals surface area (Å²) >= 11 is 0. The third-order valence-corrected chi connectivity index (χ3v) is 5.71. The van der Waals surface area contributed by atoms with Gasteiger partial charge in [0.25, 0.3) is 0 Å². The van der Waals surface area contributed by atoms with Gasteiger partial charge in [0.05, 0.1) is 19.3 Å². The predicted octanol–water partition coefficient (Wildman–Crippen LogP) is 1.19. The van der Waals surface area contributed by atoms with E-state index < -0.39 is 0 Å². The monoisotopic (exact) mass is 282 g/mol. The van der Waals surface area contributed by atoms with Crippen molar-refractivity contribution in [2.24, 2.45) is 11.3 Å². The first-order valence-corrected chi connectivity index (χ1v) is 8.28. The number of aliphatic hydroxyl groups excluding tert-OH is 1. The molecular formula is C16H30N2O2. The summed E-state index contributed by atoms with van der Waals surface area (Å²) in [6, 6.07) is 0.713. The van der Waals surface area contributed by atoms with Crippen molar-refractivity contribution in [1.29, 1.82) is 0 Å². The molecule has 1 aliphatic carbocycles. The summed E-state index contributed by atoms with van der Waals surface area (Å²) < 4.78 is 5.44. The lowest BCUT2D eigenvalue weighted by molar-refractivity contribution is 0.0155. The van der Waals surface area contributed by atoms with Crippen LogP contribution in [0.3, 0.4) is 0 Å². The molecule has 1 saturated carbocycles. The van der Waals surface area contributed by atoms with E-state index >= 15 is 0 Å². The number of morpholine rings is 1. The van der Waals surface area contributed by atoms with Crippen LogP contribution in [0.25, 0.3) is 0 Å². The van der Waals surface area contributed by atoms with Gasteiger partial charge in [-0.15, -0.1) is 0 Å². The molecule has 2 saturated heterocycles. The Bertz CT molecular complexity index is 328. The molecule has 4 heteroatoms. The van der Waals surface area contributed by atoms with Crippen molar-refractivity contribution in [3.05, 3.63) is 0 Å². The van der Waals surface area contributed by atoms with E-state index in [0.29, 0.717) is 12.0 Å². The lowest BCUT2D eigenvalue weighted by Gasteiger charge is -2.32. The van der Waals surface area contributed by atoms with Gasteiger partial charge >= 0.3 is 0 Å². The summed E-state index contributed by atoms with van der Waals surface area (Å²) in [6.45, 7) is 11.9. The van der Waals surface area contributed by atoms with E-state index in [1.165, 1.54) is 32.4 Å². The van der Waals surface area contributed by atoms with Gasteiger partial charge in [-0.05, 0) is 37.1 Å². The van der Waals surface area contributed by atoms with Crippen LogP contribution in [0.1, 0.15) is 33.1 Å². The van der Waals surface area contributed by atoms with E-state index in [0.717, 1.165) is 32.8 Å². The summed E-state index contributed by atoms with van der Waals surface area (Å²) in [6.07, 6.45) is 3.52. The summed E-state index contributed by atoms with van der Waals surface area (Å²) in [5, 5.41) is 10.4. The fourth-order valence-electron chi connectivity index (χ4n) is 4.24. The van der Waals surface area contributed by atoms with Gasteiger partial charge in [0.15, 0.2) is 0 Å². The molecule has 0 amide bonds. The minimum Gasteiger partial charge on any atom is -0.392 e. The molecular weight excluding hydrogens is 252 g/mol. The number of hydrogen-bond donors (Lipinski definition) is 1. The van der Waals surface area contributed by atoms with E-state index in [2.05, 4.69) is 23.6 Å². The number of aliphatic hydroxyl groups is 1. The molecule has 3 aliphatic rings. The highest BCUT2D eigenvalue weighted by Crippen LogP contribution is 2.41. The Balaban J connectivity index is 1.48. The first kappa shape index (κ1) is 14.8. The van der Waals surface area contributed by atoms with E-state index in [1.54, 1.807) is 0 Å². The Morgan fingerprint density at radius 2 is 1.90 bits per heavy atom. The van der Waals surface area contributed by atoms with Crippen LogP contribution in [0.2, 0.25) is 0 Å². The van der Waals surface area contributed by atoms with Crippen molar-refractivity contribution in [2.45, 2.75) is 45.3 Å². The van der Waals surface area contributed by atoms with Crippen molar-refractivity contribution in [2.75, 3.05) is 45.9 Å². The molecule has 0 bridgehead atoms. The van der Waals surface area contributed by atoms with Gasteiger partial charge in [-0.1, -0.05) is 13.8 Å². The molecule has 3 fully saturated rings. The first-order chi connectivity index (χ1) is 9.56. The molecule has 3 rings (SSSR count). The predicted molar refractivity (Wildman–Crippen MR) is 79.7 cm³/mol. The molecule has 1 N–H and O–H groups in total. The highest BCUT2D eigenvalue weighted by atomic mass is 16.5. The minimum absolute atomic E-state index is 0.119. The number of ether oxygens (including phenoxy) is 1. The Morgan fingerprint density at radius 3 is 2.55 bits per heavy atom. The van der Waals surface area contributed by atoms with Gasteiger partial charge in [0, 0.05) is 32.2 Å². The highest BCUT2D eigenvalue weighted by Gasteiger charge is 2.42. The van der Waals surface area contributed by atoms with Crippen LogP contribution in [-0.2, 0) is 4.74 Å². The minimum atomic E-state index is -0.120. The molecule has 0 aromatic carbocycles. The van der Waals surface area contributed by atoms with Crippen LogP contribution in [0.15, 0.2) is 0 Å². The topological polar surface area (TPSA) is 35.9 Å². The standard InChI is InChI=1S/C16H30N2O2/c1-16(2)5-3-13(15(16)19)11-17-6-4-14(12-17)18-7-9-20-10-8-18/h13-15,19H,3-12H2,1-2H3. The van der Waals surface area contributed by atoms with E-state index in [4.69, 9.17) is 4.74 Å². The lowest BCUT2D eigenvalue weighted by atomic mass is 9.87. The van der Waals surface area contributed by atoms with Gasteiger partial charge in [-0.25, -0.2) is 0 Å². The number of rotatable bonds is 3. The molecule has 0 aromatic heterocycles. The molecule has 3 unspecified atom stereocenters. The fraction of sp³-hybridized carbons (Fsp3) is 1.00. The maximum atomic E-state index is 10.4. The zero-order valence-electron chi connectivity index (χ0n) is 13.1. The summed E-state index contributed by atoms with van der Waals surface area (Å²) in [5.74, 6) is 0.480. The van der Waals surface area contributed by atoms with Gasteiger partial charge < -0.3 is 14.7 Å². The second-order valence-electron chi connectivity index (χ2n) is 7.58. The van der Waals surface area contributed by atoms with Crippen molar-refractivity contribution in [1.82, 2.24) is 9.80 Å². The molecule has 0 spiro atoms.